The monoisotopic (exact) mass is 255 g/mol. The van der Waals surface area contributed by atoms with Crippen molar-refractivity contribution >= 4 is 0 Å². The van der Waals surface area contributed by atoms with E-state index in [0.29, 0.717) is 12.2 Å². The molecule has 0 radical (unpaired) electrons. The predicted molar refractivity (Wildman–Crippen MR) is 62.6 cm³/mol. The lowest BCUT2D eigenvalue weighted by molar-refractivity contribution is -0.542. The number of nitrogens with zero attached hydrogens (tertiary/aromatic N) is 1. The Morgan fingerprint density at radius 2 is 2.39 bits per heavy atom. The Morgan fingerprint density at radius 1 is 1.61 bits per heavy atom. The van der Waals surface area contributed by atoms with Crippen molar-refractivity contribution in [3.05, 3.63) is 34.3 Å². The second kappa shape index (κ2) is 5.49. The zero-order valence-corrected chi connectivity index (χ0v) is 10.2. The molecular weight excluding hydrogens is 238 g/mol. The van der Waals surface area contributed by atoms with E-state index in [1.54, 1.807) is 12.1 Å². The maximum absolute atomic E-state index is 11.1. The number of nitro groups is 1. The predicted octanol–water partition coefficient (Wildman–Crippen LogP) is 1.77. The lowest BCUT2D eigenvalue weighted by atomic mass is 9.79. The van der Waals surface area contributed by atoms with Gasteiger partial charge in [0.05, 0.1) is 12.2 Å². The van der Waals surface area contributed by atoms with Gasteiger partial charge in [0.2, 0.25) is 6.04 Å². The molecule has 1 aromatic heterocycles. The summed E-state index contributed by atoms with van der Waals surface area (Å²) in [7, 11) is 0. The van der Waals surface area contributed by atoms with Gasteiger partial charge >= 0.3 is 0 Å². The van der Waals surface area contributed by atoms with E-state index < -0.39 is 18.2 Å². The topological polar surface area (TPSA) is 85.7 Å². The summed E-state index contributed by atoms with van der Waals surface area (Å²) in [6, 6.07) is 2.56. The van der Waals surface area contributed by atoms with Crippen LogP contribution in [0.1, 0.15) is 31.4 Å². The molecule has 100 valence electrons. The van der Waals surface area contributed by atoms with Crippen LogP contribution in [-0.2, 0) is 4.74 Å². The summed E-state index contributed by atoms with van der Waals surface area (Å²) in [6.45, 7) is 1.89. The van der Waals surface area contributed by atoms with Crippen molar-refractivity contribution in [2.45, 2.75) is 38.0 Å². The molecule has 1 aromatic rings. The molecule has 0 aliphatic carbocycles. The van der Waals surface area contributed by atoms with Crippen LogP contribution in [0.25, 0.3) is 0 Å². The Balaban J connectivity index is 2.31. The van der Waals surface area contributed by atoms with Crippen molar-refractivity contribution < 1.29 is 19.2 Å². The van der Waals surface area contributed by atoms with Crippen molar-refractivity contribution in [3.63, 3.8) is 0 Å². The zero-order valence-electron chi connectivity index (χ0n) is 10.2. The van der Waals surface area contributed by atoms with Crippen molar-refractivity contribution in [1.82, 2.24) is 0 Å². The van der Waals surface area contributed by atoms with E-state index >= 15 is 0 Å². The van der Waals surface area contributed by atoms with Gasteiger partial charge < -0.3 is 14.3 Å². The maximum atomic E-state index is 11.1. The highest BCUT2D eigenvalue weighted by Crippen LogP contribution is 2.39. The van der Waals surface area contributed by atoms with Gasteiger partial charge in [0, 0.05) is 10.8 Å². The van der Waals surface area contributed by atoms with Crippen LogP contribution in [0.15, 0.2) is 22.8 Å². The average molecular weight is 255 g/mol. The Kier molecular flexibility index (Phi) is 3.98. The Bertz CT molecular complexity index is 391. The van der Waals surface area contributed by atoms with E-state index in [9.17, 15) is 15.2 Å². The molecule has 1 fully saturated rings. The van der Waals surface area contributed by atoms with E-state index in [1.807, 2.05) is 6.92 Å². The molecule has 1 N–H and O–H groups in total. The smallest absolute Gasteiger partial charge is 0.246 e. The number of aliphatic hydroxyl groups is 1. The summed E-state index contributed by atoms with van der Waals surface area (Å²) in [6.07, 6.45) is 2.03. The highest BCUT2D eigenvalue weighted by atomic mass is 16.6. The zero-order chi connectivity index (χ0) is 13.1. The summed E-state index contributed by atoms with van der Waals surface area (Å²) in [5.74, 6) is -0.179. The first-order valence-corrected chi connectivity index (χ1v) is 6.11. The molecule has 6 nitrogen and oxygen atoms in total. The second-order valence-corrected chi connectivity index (χ2v) is 4.57. The SMILES string of the molecule is CCC[C@H]1[C@H](c2ccco2)[C@@H]([N+](=O)[O-])CO[C@@H]1O. The molecule has 18 heavy (non-hydrogen) atoms. The summed E-state index contributed by atoms with van der Waals surface area (Å²) in [5.41, 5.74) is 0. The minimum Gasteiger partial charge on any atom is -0.469 e. The summed E-state index contributed by atoms with van der Waals surface area (Å²) < 4.78 is 10.4. The third kappa shape index (κ3) is 2.39. The minimum atomic E-state index is -0.962. The molecule has 1 aliphatic heterocycles. The molecule has 6 heteroatoms. The molecule has 4 atom stereocenters. The number of aliphatic hydroxyl groups excluding tert-OH is 1. The first kappa shape index (κ1) is 13.0. The molecule has 0 bridgehead atoms. The first-order chi connectivity index (χ1) is 8.65. The fourth-order valence-electron chi connectivity index (χ4n) is 2.62. The summed E-state index contributed by atoms with van der Waals surface area (Å²) in [5, 5.41) is 21.0. The third-order valence-corrected chi connectivity index (χ3v) is 3.44. The van der Waals surface area contributed by atoms with Crippen molar-refractivity contribution in [2.75, 3.05) is 6.61 Å². The molecule has 0 saturated carbocycles. The third-order valence-electron chi connectivity index (χ3n) is 3.44. The second-order valence-electron chi connectivity index (χ2n) is 4.57. The normalized spacial score (nSPS) is 32.3. The van der Waals surface area contributed by atoms with Gasteiger partial charge in [-0.15, -0.1) is 0 Å². The number of hydrogen-bond acceptors (Lipinski definition) is 5. The van der Waals surface area contributed by atoms with Gasteiger partial charge in [-0.05, 0) is 18.6 Å². The van der Waals surface area contributed by atoms with Gasteiger partial charge in [0.25, 0.3) is 0 Å². The number of hydrogen-bond donors (Lipinski definition) is 1. The molecular formula is C12H17NO5. The first-order valence-electron chi connectivity index (χ1n) is 6.11. The summed E-state index contributed by atoms with van der Waals surface area (Å²) in [4.78, 5) is 10.8. The molecule has 1 saturated heterocycles. The van der Waals surface area contributed by atoms with E-state index in [2.05, 4.69) is 0 Å². The minimum absolute atomic E-state index is 0.0836. The van der Waals surface area contributed by atoms with Crippen LogP contribution >= 0.6 is 0 Å². The molecule has 0 spiro atoms. The molecule has 0 amide bonds. The van der Waals surface area contributed by atoms with E-state index in [-0.39, 0.29) is 17.4 Å². The van der Waals surface area contributed by atoms with Crippen LogP contribution in [0.2, 0.25) is 0 Å². The molecule has 1 aliphatic rings. The van der Waals surface area contributed by atoms with Crippen molar-refractivity contribution in [1.29, 1.82) is 0 Å². The Morgan fingerprint density at radius 3 is 2.94 bits per heavy atom. The number of furan rings is 1. The van der Waals surface area contributed by atoms with Crippen molar-refractivity contribution in [3.8, 4) is 0 Å². The average Bonchev–Trinajstić information content (AvgIpc) is 2.84. The largest absolute Gasteiger partial charge is 0.469 e. The summed E-state index contributed by atoms with van der Waals surface area (Å²) >= 11 is 0. The Labute approximate surface area is 105 Å². The lowest BCUT2D eigenvalue weighted by Crippen LogP contribution is -2.47. The highest BCUT2D eigenvalue weighted by Gasteiger charge is 2.47. The number of ether oxygens (including phenoxy) is 1. The van der Waals surface area contributed by atoms with Gasteiger partial charge in [0.1, 0.15) is 12.4 Å². The standard InChI is InChI=1S/C12H17NO5/c1-2-4-8-11(10-5-3-6-17-10)9(13(15)16)7-18-12(8)14/h3,5-6,8-9,11-12,14H,2,4,7H2,1H3/t8-,9-,11-,12-/m0/s1. The van der Waals surface area contributed by atoms with Crippen LogP contribution in [0.5, 0.6) is 0 Å². The van der Waals surface area contributed by atoms with Gasteiger partial charge in [-0.25, -0.2) is 0 Å². The van der Waals surface area contributed by atoms with Crippen LogP contribution in [0, 0.1) is 16.0 Å². The van der Waals surface area contributed by atoms with Crippen LogP contribution in [-0.4, -0.2) is 29.0 Å². The fourth-order valence-corrected chi connectivity index (χ4v) is 2.62. The van der Waals surface area contributed by atoms with Crippen LogP contribution < -0.4 is 0 Å². The molecule has 0 unspecified atom stereocenters. The highest BCUT2D eigenvalue weighted by molar-refractivity contribution is 5.11. The fraction of sp³-hybridized carbons (Fsp3) is 0.667. The molecule has 2 heterocycles. The molecule has 2 rings (SSSR count). The van der Waals surface area contributed by atoms with Crippen LogP contribution in [0.4, 0.5) is 0 Å². The van der Waals surface area contributed by atoms with E-state index in [4.69, 9.17) is 9.15 Å². The van der Waals surface area contributed by atoms with Crippen molar-refractivity contribution in [2.24, 2.45) is 5.92 Å². The number of rotatable bonds is 4. The van der Waals surface area contributed by atoms with E-state index in [1.165, 1.54) is 6.26 Å². The lowest BCUT2D eigenvalue weighted by Gasteiger charge is -2.35. The Hall–Kier alpha value is -1.40. The van der Waals surface area contributed by atoms with Gasteiger partial charge in [0.15, 0.2) is 6.29 Å². The van der Waals surface area contributed by atoms with Crippen LogP contribution in [0.3, 0.4) is 0 Å². The van der Waals surface area contributed by atoms with Gasteiger partial charge in [-0.2, -0.15) is 0 Å². The quantitative estimate of drug-likeness (QED) is 0.654. The van der Waals surface area contributed by atoms with Gasteiger partial charge in [-0.3, -0.25) is 10.1 Å². The van der Waals surface area contributed by atoms with E-state index in [0.717, 1.165) is 6.42 Å². The van der Waals surface area contributed by atoms with Gasteiger partial charge in [-0.1, -0.05) is 13.3 Å². The maximum Gasteiger partial charge on any atom is 0.246 e. The molecule has 0 aromatic carbocycles.